The van der Waals surface area contributed by atoms with Crippen LogP contribution in [0, 0.1) is 10.8 Å². The Morgan fingerprint density at radius 2 is 2.00 bits per heavy atom. The Hall–Kier alpha value is -3.47. The second kappa shape index (κ2) is 8.08. The first-order chi connectivity index (χ1) is 15.9. The minimum Gasteiger partial charge on any atom is -0.404 e. The highest BCUT2D eigenvalue weighted by atomic mass is 19.4. The minimum atomic E-state index is -4.78. The van der Waals surface area contributed by atoms with Crippen LogP contribution in [0.5, 0.6) is 0 Å². The number of amides is 1. The highest BCUT2D eigenvalue weighted by Crippen LogP contribution is 2.58. The van der Waals surface area contributed by atoms with Gasteiger partial charge in [-0.25, -0.2) is 9.97 Å². The summed E-state index contributed by atoms with van der Waals surface area (Å²) in [6.07, 6.45) is -0.0551. The molecule has 0 unspecified atom stereocenters. The summed E-state index contributed by atoms with van der Waals surface area (Å²) in [7, 11) is 0. The molecule has 8 nitrogen and oxygen atoms in total. The number of rotatable bonds is 6. The number of pyridine rings is 2. The van der Waals surface area contributed by atoms with Gasteiger partial charge in [0.15, 0.2) is 5.69 Å². The molecule has 2 bridgehead atoms. The Kier molecular flexibility index (Phi) is 5.63. The molecule has 3 fully saturated rings. The van der Waals surface area contributed by atoms with E-state index in [4.69, 9.17) is 11.1 Å². The first-order valence-corrected chi connectivity index (χ1v) is 10.7. The van der Waals surface area contributed by atoms with Crippen molar-refractivity contribution < 1.29 is 23.1 Å². The van der Waals surface area contributed by atoms with Gasteiger partial charge in [-0.15, -0.1) is 0 Å². The van der Waals surface area contributed by atoms with Crippen molar-refractivity contribution in [1.29, 1.82) is 5.41 Å². The lowest BCUT2D eigenvalue weighted by Gasteiger charge is -2.45. The summed E-state index contributed by atoms with van der Waals surface area (Å²) in [6.45, 7) is 3.98. The summed E-state index contributed by atoms with van der Waals surface area (Å²) in [5, 5.41) is 20.2. The van der Waals surface area contributed by atoms with Gasteiger partial charge >= 0.3 is 6.18 Å². The quantitative estimate of drug-likeness (QED) is 0.475. The molecule has 0 radical (unpaired) electrons. The van der Waals surface area contributed by atoms with Gasteiger partial charge in [-0.3, -0.25) is 4.79 Å². The smallest absolute Gasteiger partial charge is 0.404 e. The second-order valence-corrected chi connectivity index (χ2v) is 9.25. The van der Waals surface area contributed by atoms with Gasteiger partial charge in [0.1, 0.15) is 5.69 Å². The van der Waals surface area contributed by atoms with Crippen LogP contribution in [0.15, 0.2) is 36.7 Å². The highest BCUT2D eigenvalue weighted by molar-refractivity contribution is 6.08. The van der Waals surface area contributed by atoms with Gasteiger partial charge in [-0.2, -0.15) is 13.2 Å². The van der Waals surface area contributed by atoms with Gasteiger partial charge in [-0.05, 0) is 44.9 Å². The molecule has 0 spiro atoms. The van der Waals surface area contributed by atoms with Crippen molar-refractivity contribution in [3.63, 3.8) is 0 Å². The Bertz CT molecular complexity index is 1170. The van der Waals surface area contributed by atoms with Crippen LogP contribution in [0.1, 0.15) is 48.6 Å². The van der Waals surface area contributed by atoms with Crippen molar-refractivity contribution in [2.45, 2.75) is 44.5 Å². The Morgan fingerprint density at radius 1 is 1.32 bits per heavy atom. The molecule has 4 heterocycles. The summed E-state index contributed by atoms with van der Waals surface area (Å²) >= 11 is 0. The van der Waals surface area contributed by atoms with Gasteiger partial charge < -0.3 is 26.5 Å². The zero-order chi connectivity index (χ0) is 24.9. The van der Waals surface area contributed by atoms with E-state index >= 15 is 0 Å². The van der Waals surface area contributed by atoms with E-state index in [9.17, 15) is 23.1 Å². The lowest BCUT2D eigenvalue weighted by Crippen LogP contribution is -2.50. The fourth-order valence-corrected chi connectivity index (χ4v) is 4.69. The first kappa shape index (κ1) is 23.7. The number of nitrogens with two attached hydrogens (primary N) is 1. The van der Waals surface area contributed by atoms with E-state index in [0.29, 0.717) is 12.2 Å². The van der Waals surface area contributed by atoms with E-state index in [1.807, 2.05) is 4.90 Å². The molecule has 11 heteroatoms. The largest absolute Gasteiger partial charge is 0.435 e. The van der Waals surface area contributed by atoms with E-state index in [0.717, 1.165) is 31.5 Å². The lowest BCUT2D eigenvalue weighted by atomic mass is 9.61. The molecule has 2 aromatic heterocycles. The Morgan fingerprint density at radius 3 is 2.56 bits per heavy atom. The number of alkyl halides is 3. The number of hydrogen-bond acceptors (Lipinski definition) is 7. The van der Waals surface area contributed by atoms with E-state index in [1.54, 1.807) is 13.8 Å². The molecule has 3 aliphatic rings. The SMILES string of the molecule is CC(C)(O)C12CC(C1)N(c1cnc(C(F)(F)F)c(NC(=O)c3cccc(/C(C=N)=C/N)n3)c1)C2. The molecule has 5 rings (SSSR count). The van der Waals surface area contributed by atoms with Gasteiger partial charge in [0, 0.05) is 36.0 Å². The summed E-state index contributed by atoms with van der Waals surface area (Å²) in [5.41, 5.74) is 3.31. The van der Waals surface area contributed by atoms with Crippen molar-refractivity contribution in [3.8, 4) is 0 Å². The van der Waals surface area contributed by atoms with Crippen molar-refractivity contribution in [2.75, 3.05) is 16.8 Å². The van der Waals surface area contributed by atoms with E-state index in [1.165, 1.54) is 24.3 Å². The minimum absolute atomic E-state index is 0.0921. The fourth-order valence-electron chi connectivity index (χ4n) is 4.69. The standard InChI is InChI=1S/C23H25F3N6O2/c1-21(2,34)22-7-15(8-22)32(12-22)14-6-18(19(29-11-14)23(24,25)26)31-20(33)17-5-3-4-16(30-17)13(9-27)10-28/h3-6,9-11,15,27,34H,7-8,12,28H2,1-2H3,(H,31,33)/b13-10+,27-9?. The second-order valence-electron chi connectivity index (χ2n) is 9.25. The predicted molar refractivity (Wildman–Crippen MR) is 121 cm³/mol. The number of allylic oxidation sites excluding steroid dienone is 1. The van der Waals surface area contributed by atoms with Crippen LogP contribution in [-0.4, -0.2) is 45.4 Å². The van der Waals surface area contributed by atoms with Crippen LogP contribution in [0.4, 0.5) is 24.5 Å². The van der Waals surface area contributed by atoms with Crippen molar-refractivity contribution in [1.82, 2.24) is 9.97 Å². The molecule has 1 aliphatic carbocycles. The number of halogens is 3. The third-order valence-electron chi connectivity index (χ3n) is 6.80. The van der Waals surface area contributed by atoms with E-state index in [-0.39, 0.29) is 28.4 Å². The molecule has 5 N–H and O–H groups in total. The number of anilines is 2. The zero-order valence-corrected chi connectivity index (χ0v) is 18.6. The maximum atomic E-state index is 13.7. The summed E-state index contributed by atoms with van der Waals surface area (Å²) in [4.78, 5) is 22.5. The summed E-state index contributed by atoms with van der Waals surface area (Å²) < 4.78 is 41.0. The molecule has 1 amide bonds. The number of fused-ring (bicyclic) bond motifs is 1. The normalized spacial score (nSPS) is 22.4. The van der Waals surface area contributed by atoms with Crippen molar-refractivity contribution >= 4 is 29.1 Å². The van der Waals surface area contributed by atoms with Crippen LogP contribution < -0.4 is 16.0 Å². The molecule has 34 heavy (non-hydrogen) atoms. The predicted octanol–water partition coefficient (Wildman–Crippen LogP) is 3.44. The summed E-state index contributed by atoms with van der Waals surface area (Å²) in [5.74, 6) is -0.855. The molecule has 2 aromatic rings. The third kappa shape index (κ3) is 4.00. The number of carbonyl (C=O) groups excluding carboxylic acids is 1. The Labute approximate surface area is 194 Å². The van der Waals surface area contributed by atoms with E-state index in [2.05, 4.69) is 15.3 Å². The third-order valence-corrected chi connectivity index (χ3v) is 6.80. The number of aliphatic hydroxyl groups is 1. The molecule has 2 saturated heterocycles. The zero-order valence-electron chi connectivity index (χ0n) is 18.6. The van der Waals surface area contributed by atoms with Gasteiger partial charge in [0.05, 0.1) is 28.9 Å². The Balaban J connectivity index is 1.65. The number of hydrogen-bond donors (Lipinski definition) is 4. The molecular formula is C23H25F3N6O2. The molecule has 1 saturated carbocycles. The van der Waals surface area contributed by atoms with Crippen LogP contribution in [0.2, 0.25) is 0 Å². The van der Waals surface area contributed by atoms with Gasteiger partial charge in [0.25, 0.3) is 5.91 Å². The number of aromatic nitrogens is 2. The van der Waals surface area contributed by atoms with Crippen LogP contribution in [-0.2, 0) is 6.18 Å². The molecular weight excluding hydrogens is 449 g/mol. The van der Waals surface area contributed by atoms with Gasteiger partial charge in [0.2, 0.25) is 0 Å². The van der Waals surface area contributed by atoms with Crippen molar-refractivity contribution in [3.05, 3.63) is 53.7 Å². The number of nitrogens with one attached hydrogen (secondary N) is 2. The van der Waals surface area contributed by atoms with Crippen LogP contribution >= 0.6 is 0 Å². The maximum absolute atomic E-state index is 13.7. The lowest BCUT2D eigenvalue weighted by molar-refractivity contribution is -0.140. The molecule has 2 aliphatic heterocycles. The highest BCUT2D eigenvalue weighted by Gasteiger charge is 2.61. The van der Waals surface area contributed by atoms with Gasteiger partial charge in [-0.1, -0.05) is 6.07 Å². The van der Waals surface area contributed by atoms with Crippen LogP contribution in [0.25, 0.3) is 5.57 Å². The molecule has 180 valence electrons. The summed E-state index contributed by atoms with van der Waals surface area (Å²) in [6, 6.07) is 5.73. The average molecular weight is 474 g/mol. The average Bonchev–Trinajstić information content (AvgIpc) is 3.32. The monoisotopic (exact) mass is 474 g/mol. The van der Waals surface area contributed by atoms with Crippen molar-refractivity contribution in [2.24, 2.45) is 11.1 Å². The van der Waals surface area contributed by atoms with E-state index < -0.39 is 29.1 Å². The maximum Gasteiger partial charge on any atom is 0.435 e. The number of carbonyl (C=O) groups is 1. The fraction of sp³-hybridized carbons (Fsp3) is 0.391. The van der Waals surface area contributed by atoms with Crippen LogP contribution in [0.3, 0.4) is 0 Å². The topological polar surface area (TPSA) is 128 Å². The molecule has 0 aromatic carbocycles. The molecule has 0 atom stereocenters. The number of nitrogens with zero attached hydrogens (tertiary/aromatic N) is 3. The first-order valence-electron chi connectivity index (χ1n) is 10.7.